The van der Waals surface area contributed by atoms with Gasteiger partial charge >= 0.3 is 0 Å². The number of hydrogen-bond donors (Lipinski definition) is 1. The van der Waals surface area contributed by atoms with E-state index in [4.69, 9.17) is 4.74 Å². The number of benzene rings is 1. The first-order valence-electron chi connectivity index (χ1n) is 6.77. The van der Waals surface area contributed by atoms with Crippen molar-refractivity contribution in [1.29, 1.82) is 0 Å². The lowest BCUT2D eigenvalue weighted by Crippen LogP contribution is -2.31. The van der Waals surface area contributed by atoms with Crippen LogP contribution in [-0.2, 0) is 4.79 Å². The topological polar surface area (TPSA) is 63.6 Å². The molecule has 5 heteroatoms. The highest BCUT2D eigenvalue weighted by atomic mass is 16.5. The maximum atomic E-state index is 11.3. The summed E-state index contributed by atoms with van der Waals surface area (Å²) in [5.74, 6) is 1.57. The maximum Gasteiger partial charge on any atom is 0.240 e. The standard InChI is InChI=1S/C16H15N3O2/c1-11-10-15(20)18-19-16(11)12-2-4-13(5-3-12)21-14-6-8-17-9-7-14/h2-9,11H,10H2,1H3,(H,18,20). The Morgan fingerprint density at radius 1 is 1.10 bits per heavy atom. The smallest absolute Gasteiger partial charge is 0.240 e. The molecule has 3 rings (SSSR count). The molecule has 1 amide bonds. The second kappa shape index (κ2) is 5.75. The summed E-state index contributed by atoms with van der Waals surface area (Å²) in [5, 5.41) is 4.14. The Kier molecular flexibility index (Phi) is 3.64. The van der Waals surface area contributed by atoms with Crippen molar-refractivity contribution in [3.63, 3.8) is 0 Å². The van der Waals surface area contributed by atoms with E-state index in [1.807, 2.05) is 31.2 Å². The molecule has 0 aliphatic carbocycles. The van der Waals surface area contributed by atoms with Gasteiger partial charge in [-0.05, 0) is 42.0 Å². The molecule has 0 fully saturated rings. The third-order valence-electron chi connectivity index (χ3n) is 3.29. The number of amides is 1. The summed E-state index contributed by atoms with van der Waals surface area (Å²) < 4.78 is 5.71. The van der Waals surface area contributed by atoms with Crippen LogP contribution in [0, 0.1) is 5.92 Å². The minimum atomic E-state index is -0.0381. The fourth-order valence-electron chi connectivity index (χ4n) is 2.24. The van der Waals surface area contributed by atoms with Gasteiger partial charge in [0.15, 0.2) is 0 Å². The van der Waals surface area contributed by atoms with Crippen LogP contribution in [0.1, 0.15) is 18.9 Å². The predicted molar refractivity (Wildman–Crippen MR) is 79.2 cm³/mol. The first-order valence-corrected chi connectivity index (χ1v) is 6.77. The summed E-state index contributed by atoms with van der Waals surface area (Å²) in [6, 6.07) is 11.3. The monoisotopic (exact) mass is 281 g/mol. The van der Waals surface area contributed by atoms with Crippen LogP contribution in [0.2, 0.25) is 0 Å². The molecular formula is C16H15N3O2. The number of carbonyl (C=O) groups is 1. The van der Waals surface area contributed by atoms with E-state index >= 15 is 0 Å². The molecule has 1 aromatic carbocycles. The third kappa shape index (κ3) is 3.08. The van der Waals surface area contributed by atoms with Gasteiger partial charge in [0, 0.05) is 24.7 Å². The van der Waals surface area contributed by atoms with Gasteiger partial charge in [0.1, 0.15) is 11.5 Å². The van der Waals surface area contributed by atoms with Crippen LogP contribution in [0.4, 0.5) is 0 Å². The van der Waals surface area contributed by atoms with E-state index in [9.17, 15) is 4.79 Å². The summed E-state index contributed by atoms with van der Waals surface area (Å²) in [4.78, 5) is 15.2. The van der Waals surface area contributed by atoms with E-state index in [0.717, 1.165) is 22.8 Å². The molecule has 5 nitrogen and oxygen atoms in total. The summed E-state index contributed by atoms with van der Waals surface area (Å²) in [6.07, 6.45) is 3.84. The number of hydrazone groups is 1. The number of hydrogen-bond acceptors (Lipinski definition) is 4. The van der Waals surface area contributed by atoms with Crippen LogP contribution in [0.15, 0.2) is 53.9 Å². The number of rotatable bonds is 3. The Morgan fingerprint density at radius 3 is 2.43 bits per heavy atom. The van der Waals surface area contributed by atoms with E-state index in [0.29, 0.717) is 6.42 Å². The van der Waals surface area contributed by atoms with Crippen molar-refractivity contribution in [2.45, 2.75) is 13.3 Å². The van der Waals surface area contributed by atoms with E-state index in [1.165, 1.54) is 0 Å². The van der Waals surface area contributed by atoms with Crippen LogP contribution in [0.3, 0.4) is 0 Å². The molecule has 0 radical (unpaired) electrons. The molecule has 1 aliphatic rings. The quantitative estimate of drug-likeness (QED) is 0.940. The third-order valence-corrected chi connectivity index (χ3v) is 3.29. The average molecular weight is 281 g/mol. The molecule has 1 aliphatic heterocycles. The van der Waals surface area contributed by atoms with Gasteiger partial charge in [0.25, 0.3) is 0 Å². The summed E-state index contributed by atoms with van der Waals surface area (Å²) in [6.45, 7) is 2.00. The first kappa shape index (κ1) is 13.3. The van der Waals surface area contributed by atoms with Crippen molar-refractivity contribution in [2.75, 3.05) is 0 Å². The largest absolute Gasteiger partial charge is 0.457 e. The number of nitrogens with one attached hydrogen (secondary N) is 1. The maximum absolute atomic E-state index is 11.3. The number of nitrogens with zero attached hydrogens (tertiary/aromatic N) is 2. The number of aromatic nitrogens is 1. The Bertz CT molecular complexity index is 666. The minimum absolute atomic E-state index is 0.0381. The lowest BCUT2D eigenvalue weighted by Gasteiger charge is -2.19. The van der Waals surface area contributed by atoms with Crippen molar-refractivity contribution >= 4 is 11.6 Å². The second-order valence-corrected chi connectivity index (χ2v) is 4.95. The molecule has 21 heavy (non-hydrogen) atoms. The van der Waals surface area contributed by atoms with Gasteiger partial charge in [-0.2, -0.15) is 5.10 Å². The van der Waals surface area contributed by atoms with Crippen molar-refractivity contribution in [1.82, 2.24) is 10.4 Å². The van der Waals surface area contributed by atoms with Gasteiger partial charge in [-0.15, -0.1) is 0 Å². The minimum Gasteiger partial charge on any atom is -0.457 e. The number of pyridine rings is 1. The van der Waals surface area contributed by atoms with Gasteiger partial charge in [-0.3, -0.25) is 9.78 Å². The molecule has 0 bridgehead atoms. The van der Waals surface area contributed by atoms with Crippen LogP contribution in [-0.4, -0.2) is 16.6 Å². The van der Waals surface area contributed by atoms with Crippen molar-refractivity contribution in [3.8, 4) is 11.5 Å². The van der Waals surface area contributed by atoms with Gasteiger partial charge in [-0.1, -0.05) is 6.92 Å². The predicted octanol–water partition coefficient (Wildman–Crippen LogP) is 2.73. The van der Waals surface area contributed by atoms with Gasteiger partial charge < -0.3 is 4.74 Å². The number of ether oxygens (including phenoxy) is 1. The normalized spacial score (nSPS) is 17.9. The molecular weight excluding hydrogens is 266 g/mol. The molecule has 0 saturated heterocycles. The van der Waals surface area contributed by atoms with E-state index in [-0.39, 0.29) is 11.8 Å². The van der Waals surface area contributed by atoms with E-state index in [2.05, 4.69) is 15.5 Å². The molecule has 1 atom stereocenters. The molecule has 0 spiro atoms. The summed E-state index contributed by atoms with van der Waals surface area (Å²) in [5.41, 5.74) is 4.41. The molecule has 1 N–H and O–H groups in total. The highest BCUT2D eigenvalue weighted by molar-refractivity contribution is 6.05. The Morgan fingerprint density at radius 2 is 1.76 bits per heavy atom. The zero-order valence-corrected chi connectivity index (χ0v) is 11.6. The molecule has 1 aromatic heterocycles. The fraction of sp³-hybridized carbons (Fsp3) is 0.188. The molecule has 106 valence electrons. The van der Waals surface area contributed by atoms with Crippen LogP contribution in [0.5, 0.6) is 11.5 Å². The van der Waals surface area contributed by atoms with Crippen molar-refractivity contribution in [2.24, 2.45) is 11.0 Å². The van der Waals surface area contributed by atoms with Crippen LogP contribution in [0.25, 0.3) is 0 Å². The highest BCUT2D eigenvalue weighted by Gasteiger charge is 2.21. The lowest BCUT2D eigenvalue weighted by atomic mass is 9.94. The van der Waals surface area contributed by atoms with E-state index < -0.39 is 0 Å². The van der Waals surface area contributed by atoms with Crippen LogP contribution >= 0.6 is 0 Å². The lowest BCUT2D eigenvalue weighted by molar-refractivity contribution is -0.121. The molecule has 1 unspecified atom stereocenters. The Hall–Kier alpha value is -2.69. The molecule has 2 aromatic rings. The molecule has 2 heterocycles. The van der Waals surface area contributed by atoms with Gasteiger partial charge in [0.2, 0.25) is 5.91 Å². The second-order valence-electron chi connectivity index (χ2n) is 4.95. The van der Waals surface area contributed by atoms with Crippen LogP contribution < -0.4 is 10.2 Å². The van der Waals surface area contributed by atoms with E-state index in [1.54, 1.807) is 24.5 Å². The first-order chi connectivity index (χ1) is 10.2. The highest BCUT2D eigenvalue weighted by Crippen LogP contribution is 2.23. The van der Waals surface area contributed by atoms with Gasteiger partial charge in [-0.25, -0.2) is 5.43 Å². The fourth-order valence-corrected chi connectivity index (χ4v) is 2.24. The Labute approximate surface area is 122 Å². The molecule has 0 saturated carbocycles. The van der Waals surface area contributed by atoms with Gasteiger partial charge in [0.05, 0.1) is 5.71 Å². The number of carbonyl (C=O) groups excluding carboxylic acids is 1. The van der Waals surface area contributed by atoms with Crippen molar-refractivity contribution in [3.05, 3.63) is 54.4 Å². The SMILES string of the molecule is CC1CC(=O)NN=C1c1ccc(Oc2ccncc2)cc1. The average Bonchev–Trinajstić information content (AvgIpc) is 2.49. The summed E-state index contributed by atoms with van der Waals surface area (Å²) in [7, 11) is 0. The summed E-state index contributed by atoms with van der Waals surface area (Å²) >= 11 is 0. The zero-order chi connectivity index (χ0) is 14.7. The van der Waals surface area contributed by atoms with Crippen molar-refractivity contribution < 1.29 is 9.53 Å². The zero-order valence-electron chi connectivity index (χ0n) is 11.6. The Balaban J connectivity index is 1.77.